The van der Waals surface area contributed by atoms with E-state index in [-0.39, 0.29) is 5.41 Å². The molecule has 9 aromatic rings. The van der Waals surface area contributed by atoms with Crippen LogP contribution < -0.4 is 0 Å². The van der Waals surface area contributed by atoms with E-state index in [9.17, 15) is 0 Å². The highest BCUT2D eigenvalue weighted by molar-refractivity contribution is 7.21. The van der Waals surface area contributed by atoms with Gasteiger partial charge in [0.25, 0.3) is 0 Å². The first kappa shape index (κ1) is 25.4. The molecule has 3 heteroatoms. The minimum atomic E-state index is -0.366. The zero-order chi connectivity index (χ0) is 30.7. The van der Waals surface area contributed by atoms with Crippen molar-refractivity contribution in [3.8, 4) is 38.5 Å². The molecule has 0 saturated carbocycles. The van der Waals surface area contributed by atoms with E-state index in [0.29, 0.717) is 0 Å². The van der Waals surface area contributed by atoms with Crippen molar-refractivity contribution in [3.05, 3.63) is 180 Å². The molecule has 2 aromatic heterocycles. The van der Waals surface area contributed by atoms with Gasteiger partial charge < -0.3 is 4.57 Å². The van der Waals surface area contributed by atoms with Crippen LogP contribution in [0.1, 0.15) is 22.3 Å². The Labute approximate surface area is 275 Å². The number of hydrogen-bond acceptors (Lipinski definition) is 2. The molecule has 2 aliphatic carbocycles. The van der Waals surface area contributed by atoms with E-state index in [1.165, 1.54) is 71.0 Å². The van der Waals surface area contributed by atoms with Crippen molar-refractivity contribution in [1.82, 2.24) is 9.55 Å². The second-order valence-electron chi connectivity index (χ2n) is 12.7. The SMILES string of the molecule is c1ccc(-n2c3ccccc3c3cc4c(cc32)-c2ccccc2C42c3ccccc3-c3ccccc32)c(-c2nc3ccccc3s2)c1. The van der Waals surface area contributed by atoms with Gasteiger partial charge in [0.15, 0.2) is 0 Å². The van der Waals surface area contributed by atoms with Crippen LogP contribution in [0.4, 0.5) is 0 Å². The fourth-order valence-electron chi connectivity index (χ4n) is 8.65. The van der Waals surface area contributed by atoms with Crippen LogP contribution in [0.25, 0.3) is 70.5 Å². The molecule has 0 unspecified atom stereocenters. The highest BCUT2D eigenvalue weighted by Crippen LogP contribution is 2.63. The monoisotopic (exact) mass is 614 g/mol. The van der Waals surface area contributed by atoms with E-state index in [0.717, 1.165) is 21.8 Å². The predicted octanol–water partition coefficient (Wildman–Crippen LogP) is 11.4. The average molecular weight is 615 g/mol. The maximum absolute atomic E-state index is 5.10. The van der Waals surface area contributed by atoms with Gasteiger partial charge in [-0.2, -0.15) is 0 Å². The van der Waals surface area contributed by atoms with E-state index < -0.39 is 0 Å². The van der Waals surface area contributed by atoms with Crippen molar-refractivity contribution in [2.75, 3.05) is 0 Å². The Kier molecular flexibility index (Phi) is 4.95. The van der Waals surface area contributed by atoms with Gasteiger partial charge in [0, 0.05) is 16.3 Å². The van der Waals surface area contributed by atoms with Crippen molar-refractivity contribution < 1.29 is 0 Å². The van der Waals surface area contributed by atoms with Crippen molar-refractivity contribution in [2.24, 2.45) is 0 Å². The molecule has 0 N–H and O–H groups in total. The maximum atomic E-state index is 5.10. The molecule has 47 heavy (non-hydrogen) atoms. The Morgan fingerprint density at radius 1 is 0.447 bits per heavy atom. The number of fused-ring (bicyclic) bond motifs is 14. The highest BCUT2D eigenvalue weighted by atomic mass is 32.1. The van der Waals surface area contributed by atoms with E-state index in [2.05, 4.69) is 162 Å². The Bertz CT molecular complexity index is 2680. The van der Waals surface area contributed by atoms with Gasteiger partial charge in [0.2, 0.25) is 0 Å². The Morgan fingerprint density at radius 2 is 1.02 bits per heavy atom. The van der Waals surface area contributed by atoms with Crippen molar-refractivity contribution in [1.29, 1.82) is 0 Å². The van der Waals surface area contributed by atoms with Crippen molar-refractivity contribution in [2.45, 2.75) is 5.41 Å². The maximum Gasteiger partial charge on any atom is 0.126 e. The van der Waals surface area contributed by atoms with Crippen LogP contribution in [0.15, 0.2) is 158 Å². The van der Waals surface area contributed by atoms with Gasteiger partial charge >= 0.3 is 0 Å². The van der Waals surface area contributed by atoms with Gasteiger partial charge in [0.1, 0.15) is 5.01 Å². The highest BCUT2D eigenvalue weighted by Gasteiger charge is 2.51. The van der Waals surface area contributed by atoms with Crippen LogP contribution in [0.2, 0.25) is 0 Å². The standard InChI is InChI=1S/C44H26N2S/c1-6-18-34-27(13-1)28-14-2-7-19-35(28)44(34)36-20-8-3-15-29(36)32-26-41-33(25-37(32)44)30-16-4-10-22-39(30)46(41)40-23-11-5-17-31(40)43-45-38-21-9-12-24-42(38)47-43/h1-26H. The number of hydrogen-bond donors (Lipinski definition) is 0. The molecule has 218 valence electrons. The lowest BCUT2D eigenvalue weighted by Gasteiger charge is -2.30. The molecule has 1 spiro atoms. The summed E-state index contributed by atoms with van der Waals surface area (Å²) in [4.78, 5) is 5.10. The molecular formula is C44H26N2S. The van der Waals surface area contributed by atoms with Gasteiger partial charge in [-0.25, -0.2) is 4.98 Å². The number of benzene rings is 7. The summed E-state index contributed by atoms with van der Waals surface area (Å²) >= 11 is 1.76. The summed E-state index contributed by atoms with van der Waals surface area (Å²) in [6.07, 6.45) is 0. The number of para-hydroxylation sites is 3. The molecule has 7 aromatic carbocycles. The molecule has 0 radical (unpaired) electrons. The molecule has 2 nitrogen and oxygen atoms in total. The zero-order valence-electron chi connectivity index (χ0n) is 25.3. The second-order valence-corrected chi connectivity index (χ2v) is 13.7. The summed E-state index contributed by atoms with van der Waals surface area (Å²) in [5.41, 5.74) is 16.1. The van der Waals surface area contributed by atoms with Crippen molar-refractivity contribution in [3.63, 3.8) is 0 Å². The molecule has 0 fully saturated rings. The quantitative estimate of drug-likeness (QED) is 0.189. The van der Waals surface area contributed by atoms with E-state index in [1.807, 2.05) is 0 Å². The Hall–Kier alpha value is -5.77. The fraction of sp³-hybridized carbons (Fsp3) is 0.0227. The number of rotatable bonds is 2. The predicted molar refractivity (Wildman–Crippen MR) is 196 cm³/mol. The first-order chi connectivity index (χ1) is 23.3. The van der Waals surface area contributed by atoms with Crippen LogP contribution in [-0.2, 0) is 5.41 Å². The van der Waals surface area contributed by atoms with Crippen LogP contribution in [-0.4, -0.2) is 9.55 Å². The number of thiazole rings is 1. The first-order valence-corrected chi connectivity index (χ1v) is 17.0. The lowest BCUT2D eigenvalue weighted by molar-refractivity contribution is 0.795. The third-order valence-corrected chi connectivity index (χ3v) is 11.5. The summed E-state index contributed by atoms with van der Waals surface area (Å²) in [5.74, 6) is 0. The molecule has 2 heterocycles. The van der Waals surface area contributed by atoms with Gasteiger partial charge in [-0.05, 0) is 87.0 Å². The molecule has 2 aliphatic rings. The summed E-state index contributed by atoms with van der Waals surface area (Å²) in [7, 11) is 0. The summed E-state index contributed by atoms with van der Waals surface area (Å²) < 4.78 is 3.67. The normalized spacial score (nSPS) is 13.7. The van der Waals surface area contributed by atoms with Crippen LogP contribution in [0.5, 0.6) is 0 Å². The van der Waals surface area contributed by atoms with Crippen LogP contribution >= 0.6 is 11.3 Å². The topological polar surface area (TPSA) is 17.8 Å². The fourth-order valence-corrected chi connectivity index (χ4v) is 9.65. The minimum absolute atomic E-state index is 0.366. The van der Waals surface area contributed by atoms with E-state index >= 15 is 0 Å². The third-order valence-electron chi connectivity index (χ3n) is 10.5. The number of aromatic nitrogens is 2. The lowest BCUT2D eigenvalue weighted by atomic mass is 9.70. The lowest BCUT2D eigenvalue weighted by Crippen LogP contribution is -2.25. The van der Waals surface area contributed by atoms with E-state index in [1.54, 1.807) is 11.3 Å². The van der Waals surface area contributed by atoms with Gasteiger partial charge in [-0.1, -0.05) is 115 Å². The van der Waals surface area contributed by atoms with Crippen LogP contribution in [0.3, 0.4) is 0 Å². The molecule has 0 atom stereocenters. The minimum Gasteiger partial charge on any atom is -0.309 e. The van der Waals surface area contributed by atoms with E-state index in [4.69, 9.17) is 4.98 Å². The molecule has 11 rings (SSSR count). The molecule has 0 aliphatic heterocycles. The first-order valence-electron chi connectivity index (χ1n) is 16.1. The Balaban J connectivity index is 1.26. The van der Waals surface area contributed by atoms with Crippen molar-refractivity contribution >= 4 is 43.4 Å². The zero-order valence-corrected chi connectivity index (χ0v) is 26.1. The second kappa shape index (κ2) is 9.16. The molecule has 0 saturated heterocycles. The van der Waals surface area contributed by atoms with Gasteiger partial charge in [-0.15, -0.1) is 11.3 Å². The smallest absolute Gasteiger partial charge is 0.126 e. The average Bonchev–Trinajstić information content (AvgIpc) is 3.86. The molecule has 0 bridgehead atoms. The van der Waals surface area contributed by atoms with Gasteiger partial charge in [-0.3, -0.25) is 0 Å². The summed E-state index contributed by atoms with van der Waals surface area (Å²) in [6, 6.07) is 58.2. The number of nitrogens with zero attached hydrogens (tertiary/aromatic N) is 2. The Morgan fingerprint density at radius 3 is 1.74 bits per heavy atom. The van der Waals surface area contributed by atoms with Crippen LogP contribution in [0, 0.1) is 0 Å². The largest absolute Gasteiger partial charge is 0.309 e. The summed E-state index contributed by atoms with van der Waals surface area (Å²) in [5, 5.41) is 3.57. The van der Waals surface area contributed by atoms with Gasteiger partial charge in [0.05, 0.1) is 32.4 Å². The third kappa shape index (κ3) is 3.17. The molecule has 0 amide bonds. The summed E-state index contributed by atoms with van der Waals surface area (Å²) in [6.45, 7) is 0. The molecular weight excluding hydrogens is 589 g/mol.